The molecule has 0 aromatic heterocycles. The summed E-state index contributed by atoms with van der Waals surface area (Å²) >= 11 is 0. The van der Waals surface area contributed by atoms with Crippen molar-refractivity contribution in [3.05, 3.63) is 36.0 Å². The van der Waals surface area contributed by atoms with Crippen molar-refractivity contribution in [2.45, 2.75) is 209 Å². The van der Waals surface area contributed by atoms with Crippen LogP contribution in [0.1, 0.15) is 125 Å². The van der Waals surface area contributed by atoms with E-state index in [9.17, 15) is 25.5 Å². The average molecular weight is 791 g/mol. The molecule has 12 heteroatoms. The second-order valence-corrected chi connectivity index (χ2v) is 18.9. The summed E-state index contributed by atoms with van der Waals surface area (Å²) in [6, 6.07) is 0. The van der Waals surface area contributed by atoms with E-state index in [2.05, 4.69) is 39.5 Å². The van der Waals surface area contributed by atoms with Crippen LogP contribution in [-0.4, -0.2) is 123 Å². The molecule has 7 heterocycles. The fourth-order valence-electron chi connectivity index (χ4n) is 10.6. The third-order valence-electron chi connectivity index (χ3n) is 13.9. The van der Waals surface area contributed by atoms with E-state index in [-0.39, 0.29) is 49.3 Å². The van der Waals surface area contributed by atoms with Crippen molar-refractivity contribution in [2.24, 2.45) is 17.8 Å². The maximum atomic E-state index is 11.5. The molecule has 7 aliphatic rings. The minimum atomic E-state index is -1.31. The van der Waals surface area contributed by atoms with Gasteiger partial charge in [0.1, 0.15) is 24.4 Å². The molecule has 6 fully saturated rings. The quantitative estimate of drug-likeness (QED) is 0.186. The summed E-state index contributed by atoms with van der Waals surface area (Å²) in [6.45, 7) is 14.6. The first-order valence-electron chi connectivity index (χ1n) is 21.7. The first-order chi connectivity index (χ1) is 26.5. The van der Waals surface area contributed by atoms with E-state index >= 15 is 0 Å². The van der Waals surface area contributed by atoms with Crippen molar-refractivity contribution in [1.29, 1.82) is 0 Å². The van der Waals surface area contributed by atoms with Crippen LogP contribution in [0.25, 0.3) is 0 Å². The van der Waals surface area contributed by atoms with Crippen molar-refractivity contribution in [2.75, 3.05) is 13.2 Å². The Balaban J connectivity index is 0.919. The predicted octanol–water partition coefficient (Wildman–Crippen LogP) is 5.12. The van der Waals surface area contributed by atoms with Crippen LogP contribution in [0, 0.1) is 17.8 Å². The molecule has 318 valence electrons. The topological polar surface area (TPSA) is 166 Å². The Kier molecular flexibility index (Phi) is 13.0. The summed E-state index contributed by atoms with van der Waals surface area (Å²) in [5, 5.41) is 54.3. The van der Waals surface area contributed by atoms with E-state index in [0.29, 0.717) is 56.4 Å². The fraction of sp³-hybridized carbons (Fsp3) is 0.864. The zero-order valence-corrected chi connectivity index (χ0v) is 34.4. The number of hydrogen-bond donors (Lipinski definition) is 5. The number of aliphatic hydroxyl groups excluding tert-OH is 4. The van der Waals surface area contributed by atoms with Crippen LogP contribution < -0.4 is 0 Å². The molecule has 3 spiro atoms. The summed E-state index contributed by atoms with van der Waals surface area (Å²) in [5.41, 5.74) is 0.213. The molecular weight excluding hydrogens is 720 g/mol. The summed E-state index contributed by atoms with van der Waals surface area (Å²) < 4.78 is 45.4. The average Bonchev–Trinajstić information content (AvgIpc) is 3.56. The Morgan fingerprint density at radius 3 is 2.48 bits per heavy atom. The number of hydrogen-bond acceptors (Lipinski definition) is 12. The van der Waals surface area contributed by atoms with Gasteiger partial charge in [0.05, 0.1) is 55.4 Å². The zero-order valence-electron chi connectivity index (χ0n) is 34.4. The number of fused-ring (bicyclic) bond motifs is 1. The molecule has 0 bridgehead atoms. The lowest BCUT2D eigenvalue weighted by Crippen LogP contribution is -2.60. The summed E-state index contributed by atoms with van der Waals surface area (Å²) in [6.07, 6.45) is 10.9. The van der Waals surface area contributed by atoms with Crippen molar-refractivity contribution >= 4 is 0 Å². The molecule has 17 atom stereocenters. The Morgan fingerprint density at radius 1 is 0.964 bits per heavy atom. The highest BCUT2D eigenvalue weighted by molar-refractivity contribution is 5.20. The van der Waals surface area contributed by atoms with E-state index in [1.165, 1.54) is 0 Å². The van der Waals surface area contributed by atoms with E-state index in [4.69, 9.17) is 33.2 Å². The van der Waals surface area contributed by atoms with Gasteiger partial charge in [-0.3, -0.25) is 0 Å². The van der Waals surface area contributed by atoms with Gasteiger partial charge >= 0.3 is 0 Å². The van der Waals surface area contributed by atoms with Crippen LogP contribution in [0.5, 0.6) is 0 Å². The van der Waals surface area contributed by atoms with Gasteiger partial charge in [-0.15, -0.1) is 0 Å². The van der Waals surface area contributed by atoms with E-state index in [0.717, 1.165) is 50.7 Å². The molecular formula is C44H70O12. The zero-order chi connectivity index (χ0) is 40.0. The highest BCUT2D eigenvalue weighted by atomic mass is 16.7. The Morgan fingerprint density at radius 2 is 1.73 bits per heavy atom. The second-order valence-electron chi connectivity index (χ2n) is 18.9. The van der Waals surface area contributed by atoms with Gasteiger partial charge < -0.3 is 58.7 Å². The van der Waals surface area contributed by atoms with Gasteiger partial charge in [0.25, 0.3) is 0 Å². The third-order valence-corrected chi connectivity index (χ3v) is 13.9. The summed E-state index contributed by atoms with van der Waals surface area (Å²) in [4.78, 5) is 0. The molecule has 12 nitrogen and oxygen atoms in total. The first-order valence-corrected chi connectivity index (χ1v) is 21.7. The number of rotatable bonds is 10. The van der Waals surface area contributed by atoms with E-state index in [1.807, 2.05) is 13.0 Å². The van der Waals surface area contributed by atoms with Crippen LogP contribution in [0.2, 0.25) is 0 Å². The molecule has 0 aliphatic carbocycles. The molecule has 7 rings (SSSR count). The van der Waals surface area contributed by atoms with Crippen molar-refractivity contribution in [3.63, 3.8) is 0 Å². The first kappa shape index (κ1) is 42.8. The summed E-state index contributed by atoms with van der Waals surface area (Å²) in [5.74, 6) is -2.26. The van der Waals surface area contributed by atoms with Gasteiger partial charge in [-0.05, 0) is 95.1 Å². The molecule has 0 aromatic rings. The third kappa shape index (κ3) is 9.07. The number of ether oxygens (including phenoxy) is 7. The van der Waals surface area contributed by atoms with Crippen LogP contribution in [-0.2, 0) is 33.2 Å². The predicted molar refractivity (Wildman–Crippen MR) is 207 cm³/mol. The largest absolute Gasteiger partial charge is 0.393 e. The molecule has 56 heavy (non-hydrogen) atoms. The molecule has 0 amide bonds. The fourth-order valence-corrected chi connectivity index (χ4v) is 10.6. The van der Waals surface area contributed by atoms with Crippen LogP contribution in [0.3, 0.4) is 0 Å². The molecule has 5 N–H and O–H groups in total. The van der Waals surface area contributed by atoms with Crippen molar-refractivity contribution < 1.29 is 58.7 Å². The van der Waals surface area contributed by atoms with E-state index < -0.39 is 59.6 Å². The van der Waals surface area contributed by atoms with Gasteiger partial charge in [0.15, 0.2) is 11.6 Å². The minimum Gasteiger partial charge on any atom is -0.393 e. The Hall–Kier alpha value is -1.26. The molecule has 0 radical (unpaired) electrons. The van der Waals surface area contributed by atoms with E-state index in [1.54, 1.807) is 6.92 Å². The summed E-state index contributed by atoms with van der Waals surface area (Å²) in [7, 11) is 0. The van der Waals surface area contributed by atoms with Crippen LogP contribution in [0.4, 0.5) is 0 Å². The molecule has 0 saturated carbocycles. The number of aliphatic hydroxyl groups is 5. The monoisotopic (exact) mass is 790 g/mol. The standard InChI is InChI=1S/C44H70O12/c1-26-21-35(54-44(23-26)36(47)12-11-32(53-44)24-41(6,49)25-45)27(2)9-10-31-14-18-43(52-31)19-15-34-40(56-43)37(48)30(5)39(51-34)33(46)22-29(4)38-28(3)13-17-42(55-38)16-7-8-20-50-42/h9-10,23,27-29,31-40,45-49H,5,7-8,11-22,24-25H2,1-4,6H3/t27?,28?,29?,31?,32?,33?,34?,35?,36?,37?,38?,39?,40?,41-,42?,43-,44?/m1/s1. The molecule has 7 aliphatic heterocycles. The van der Waals surface area contributed by atoms with Crippen molar-refractivity contribution in [3.8, 4) is 0 Å². The maximum Gasteiger partial charge on any atom is 0.215 e. The lowest BCUT2D eigenvalue weighted by atomic mass is 9.79. The Bertz CT molecular complexity index is 1430. The van der Waals surface area contributed by atoms with Gasteiger partial charge in [-0.2, -0.15) is 0 Å². The van der Waals surface area contributed by atoms with Crippen LogP contribution in [0.15, 0.2) is 36.0 Å². The second kappa shape index (κ2) is 17.0. The Labute approximate surface area is 333 Å². The van der Waals surface area contributed by atoms with Gasteiger partial charge in [-0.25, -0.2) is 0 Å². The maximum absolute atomic E-state index is 11.5. The van der Waals surface area contributed by atoms with Gasteiger partial charge in [0.2, 0.25) is 5.79 Å². The minimum absolute atomic E-state index is 0.0263. The van der Waals surface area contributed by atoms with Gasteiger partial charge in [-0.1, -0.05) is 45.1 Å². The smallest absolute Gasteiger partial charge is 0.215 e. The molecule has 0 aromatic carbocycles. The SMILES string of the molecule is C=C1C(O)C2O[C@]3(CCC(C=CC(C)C4CC(C)=CC5(OC(C[C@@](C)(O)CO)CCC5O)O4)O3)CCC2OC1C(O)CC(C)C1OC2(CCCCO2)CCC1C. The molecule has 6 saturated heterocycles. The highest BCUT2D eigenvalue weighted by Gasteiger charge is 2.55. The van der Waals surface area contributed by atoms with Gasteiger partial charge in [0, 0.05) is 38.0 Å². The van der Waals surface area contributed by atoms with Crippen LogP contribution >= 0.6 is 0 Å². The van der Waals surface area contributed by atoms with Crippen molar-refractivity contribution in [1.82, 2.24) is 0 Å². The highest BCUT2D eigenvalue weighted by Crippen LogP contribution is 2.47. The lowest BCUT2D eigenvalue weighted by molar-refractivity contribution is -0.321. The normalized spacial score (nSPS) is 46.1. The molecule has 15 unspecified atom stereocenters. The lowest BCUT2D eigenvalue weighted by Gasteiger charge is -2.50.